The van der Waals surface area contributed by atoms with Crippen LogP contribution in [-0.4, -0.2) is 26.4 Å². The molecule has 0 aliphatic carbocycles. The lowest BCUT2D eigenvalue weighted by Gasteiger charge is -2.01. The molecule has 21 heavy (non-hydrogen) atoms. The quantitative estimate of drug-likeness (QED) is 0.488. The van der Waals surface area contributed by atoms with Gasteiger partial charge >= 0.3 is 0 Å². The molecule has 0 aliphatic rings. The number of methoxy groups -OCH3 is 2. The highest BCUT2D eigenvalue weighted by molar-refractivity contribution is 14.1. The van der Waals surface area contributed by atoms with Crippen molar-refractivity contribution in [3.05, 3.63) is 36.4 Å². The zero-order valence-corrected chi connectivity index (χ0v) is 13.7. The Morgan fingerprint density at radius 3 is 2.29 bits per heavy atom. The Balaban J connectivity index is 2.22. The largest absolute Gasteiger partial charge is 0.497 e. The fraction of sp³-hybridized carbons (Fsp3) is 0.133. The zero-order chi connectivity index (χ0) is 14.6. The summed E-state index contributed by atoms with van der Waals surface area (Å²) in [5, 5.41) is 0. The number of benzene rings is 2. The van der Waals surface area contributed by atoms with E-state index in [1.807, 2.05) is 36.4 Å². The average molecular weight is 393 g/mol. The summed E-state index contributed by atoms with van der Waals surface area (Å²) >= 11 is 2.27. The summed E-state index contributed by atoms with van der Waals surface area (Å²) in [5.74, 6) is 2.54. The molecule has 0 atom stereocenters. The molecule has 2 heterocycles. The molecule has 0 amide bonds. The number of ether oxygens (including phenoxy) is 2. The van der Waals surface area contributed by atoms with Gasteiger partial charge in [-0.25, -0.2) is 7.76 Å². The minimum absolute atomic E-state index is 0.821. The van der Waals surface area contributed by atoms with Gasteiger partial charge in [-0.3, -0.25) is 4.40 Å². The molecule has 106 valence electrons. The maximum absolute atomic E-state index is 5.34. The van der Waals surface area contributed by atoms with Gasteiger partial charge in [0, 0.05) is 12.1 Å². The van der Waals surface area contributed by atoms with E-state index in [0.717, 1.165) is 39.3 Å². The molecular formula is C15H12IN3O2. The number of halogens is 1. The van der Waals surface area contributed by atoms with Gasteiger partial charge in [0.25, 0.3) is 0 Å². The van der Waals surface area contributed by atoms with Gasteiger partial charge in [0.15, 0.2) is 0 Å². The minimum Gasteiger partial charge on any atom is -0.497 e. The molecule has 0 bridgehead atoms. The van der Waals surface area contributed by atoms with Gasteiger partial charge in [0.2, 0.25) is 5.78 Å². The van der Waals surface area contributed by atoms with Crippen LogP contribution < -0.4 is 9.47 Å². The molecule has 0 saturated carbocycles. The monoisotopic (exact) mass is 393 g/mol. The predicted molar refractivity (Wildman–Crippen MR) is 90.7 cm³/mol. The lowest BCUT2D eigenvalue weighted by molar-refractivity contribution is 0.415. The summed E-state index contributed by atoms with van der Waals surface area (Å²) in [7, 11) is 3.35. The smallest absolute Gasteiger partial charge is 0.225 e. The topological polar surface area (TPSA) is 40.7 Å². The SMILES string of the molecule is COc1ccc2nc3n(I)c4ccc(OC)cc4n3c2c1. The second-order valence-corrected chi connectivity index (χ2v) is 5.70. The highest BCUT2D eigenvalue weighted by Crippen LogP contribution is 2.31. The zero-order valence-electron chi connectivity index (χ0n) is 11.5. The van der Waals surface area contributed by atoms with Crippen LogP contribution in [0.1, 0.15) is 0 Å². The lowest BCUT2D eigenvalue weighted by atomic mass is 10.2. The van der Waals surface area contributed by atoms with Gasteiger partial charge < -0.3 is 9.47 Å². The molecule has 6 heteroatoms. The first-order valence-electron chi connectivity index (χ1n) is 6.44. The normalized spacial score (nSPS) is 11.6. The fourth-order valence-corrected chi connectivity index (χ4v) is 3.35. The van der Waals surface area contributed by atoms with Crippen LogP contribution in [0.4, 0.5) is 0 Å². The Kier molecular flexibility index (Phi) is 2.75. The van der Waals surface area contributed by atoms with E-state index in [2.05, 4.69) is 30.0 Å². The van der Waals surface area contributed by atoms with Gasteiger partial charge in [-0.1, -0.05) is 0 Å². The minimum atomic E-state index is 0.821. The average Bonchev–Trinajstić information content (AvgIpc) is 3.03. The summed E-state index contributed by atoms with van der Waals surface area (Å²) < 4.78 is 14.9. The van der Waals surface area contributed by atoms with Gasteiger partial charge in [0.1, 0.15) is 11.5 Å². The van der Waals surface area contributed by atoms with E-state index in [1.165, 1.54) is 0 Å². The van der Waals surface area contributed by atoms with Gasteiger partial charge in [-0.2, -0.15) is 0 Å². The number of aromatic nitrogens is 3. The van der Waals surface area contributed by atoms with Crippen molar-refractivity contribution in [1.29, 1.82) is 0 Å². The molecule has 4 aromatic rings. The molecule has 0 N–H and O–H groups in total. The first kappa shape index (κ1) is 12.8. The van der Waals surface area contributed by atoms with Crippen LogP contribution in [0.25, 0.3) is 27.8 Å². The van der Waals surface area contributed by atoms with Crippen LogP contribution in [-0.2, 0) is 0 Å². The Labute approximate surface area is 134 Å². The molecule has 5 nitrogen and oxygen atoms in total. The molecule has 0 radical (unpaired) electrons. The van der Waals surface area contributed by atoms with Crippen LogP contribution in [0, 0.1) is 0 Å². The molecule has 2 aromatic heterocycles. The van der Waals surface area contributed by atoms with Gasteiger partial charge in [-0.15, -0.1) is 0 Å². The molecule has 0 spiro atoms. The van der Waals surface area contributed by atoms with E-state index in [0.29, 0.717) is 0 Å². The summed E-state index contributed by atoms with van der Waals surface area (Å²) in [5.41, 5.74) is 4.14. The van der Waals surface area contributed by atoms with Gasteiger partial charge in [-0.05, 0) is 24.3 Å². The summed E-state index contributed by atoms with van der Waals surface area (Å²) in [6, 6.07) is 11.9. The van der Waals surface area contributed by atoms with Crippen molar-refractivity contribution < 1.29 is 9.47 Å². The van der Waals surface area contributed by atoms with Gasteiger partial charge in [0.05, 0.1) is 59.2 Å². The standard InChI is InChI=1S/C15H12IN3O2/c1-20-9-3-5-11-13(7-9)18-14-8-10(21-2)4-6-12(14)19(16)15(18)17-11/h3-8H,1-2H3. The van der Waals surface area contributed by atoms with Crippen molar-refractivity contribution in [2.24, 2.45) is 0 Å². The third-order valence-electron chi connectivity index (χ3n) is 3.65. The molecule has 0 fully saturated rings. The molecule has 4 rings (SSSR count). The van der Waals surface area contributed by atoms with Crippen LogP contribution in [0.15, 0.2) is 36.4 Å². The number of imidazole rings is 2. The Bertz CT molecular complexity index is 987. The fourth-order valence-electron chi connectivity index (χ4n) is 2.62. The number of rotatable bonds is 2. The third kappa shape index (κ3) is 1.71. The Hall–Kier alpha value is -1.96. The van der Waals surface area contributed by atoms with Crippen molar-refractivity contribution in [2.45, 2.75) is 0 Å². The van der Waals surface area contributed by atoms with Crippen LogP contribution in [0.2, 0.25) is 0 Å². The van der Waals surface area contributed by atoms with Crippen LogP contribution in [0.5, 0.6) is 11.5 Å². The van der Waals surface area contributed by atoms with Crippen molar-refractivity contribution >= 4 is 50.7 Å². The third-order valence-corrected chi connectivity index (χ3v) is 4.61. The van der Waals surface area contributed by atoms with E-state index in [9.17, 15) is 0 Å². The Morgan fingerprint density at radius 1 is 0.905 bits per heavy atom. The summed E-state index contributed by atoms with van der Waals surface area (Å²) in [6.07, 6.45) is 0. The van der Waals surface area contributed by atoms with Crippen LogP contribution in [0.3, 0.4) is 0 Å². The maximum atomic E-state index is 5.34. The van der Waals surface area contributed by atoms with Crippen molar-refractivity contribution in [1.82, 2.24) is 12.2 Å². The number of fused-ring (bicyclic) bond motifs is 5. The molecular weight excluding hydrogens is 381 g/mol. The number of hydrogen-bond acceptors (Lipinski definition) is 3. The second kappa shape index (κ2) is 4.52. The van der Waals surface area contributed by atoms with E-state index < -0.39 is 0 Å². The van der Waals surface area contributed by atoms with E-state index in [1.54, 1.807) is 14.2 Å². The summed E-state index contributed by atoms with van der Waals surface area (Å²) in [4.78, 5) is 4.70. The van der Waals surface area contributed by atoms with Crippen molar-refractivity contribution in [2.75, 3.05) is 14.2 Å². The van der Waals surface area contributed by atoms with E-state index in [-0.39, 0.29) is 0 Å². The van der Waals surface area contributed by atoms with Crippen molar-refractivity contribution in [3.63, 3.8) is 0 Å². The molecule has 0 unspecified atom stereocenters. The first-order chi connectivity index (χ1) is 10.2. The molecule has 2 aromatic carbocycles. The first-order valence-corrected chi connectivity index (χ1v) is 7.40. The molecule has 0 aliphatic heterocycles. The highest BCUT2D eigenvalue weighted by atomic mass is 127. The van der Waals surface area contributed by atoms with E-state index in [4.69, 9.17) is 14.5 Å². The predicted octanol–water partition coefficient (Wildman–Crippen LogP) is 3.66. The highest BCUT2D eigenvalue weighted by Gasteiger charge is 2.15. The number of nitrogens with zero attached hydrogens (tertiary/aromatic N) is 3. The maximum Gasteiger partial charge on any atom is 0.225 e. The lowest BCUT2D eigenvalue weighted by Crippen LogP contribution is -1.86. The van der Waals surface area contributed by atoms with Crippen molar-refractivity contribution in [3.8, 4) is 11.5 Å². The Morgan fingerprint density at radius 2 is 1.57 bits per heavy atom. The van der Waals surface area contributed by atoms with E-state index >= 15 is 0 Å². The number of hydrogen-bond donors (Lipinski definition) is 0. The molecule has 0 saturated heterocycles. The van der Waals surface area contributed by atoms with Crippen LogP contribution >= 0.6 is 22.9 Å². The second-order valence-electron chi connectivity index (χ2n) is 4.74. The summed E-state index contributed by atoms with van der Waals surface area (Å²) in [6.45, 7) is 0.